The van der Waals surface area contributed by atoms with E-state index in [-0.39, 0.29) is 0 Å². The van der Waals surface area contributed by atoms with Gasteiger partial charge in [-0.25, -0.2) is 0 Å². The van der Waals surface area contributed by atoms with Crippen molar-refractivity contribution in [2.24, 2.45) is 0 Å². The van der Waals surface area contributed by atoms with Crippen LogP contribution in [0.1, 0.15) is 24.4 Å². The molecule has 0 bridgehead atoms. The van der Waals surface area contributed by atoms with Gasteiger partial charge >= 0.3 is 0 Å². The van der Waals surface area contributed by atoms with Crippen molar-refractivity contribution in [3.63, 3.8) is 0 Å². The molecule has 0 aromatic carbocycles. The molecule has 0 radical (unpaired) electrons. The average Bonchev–Trinajstić information content (AvgIpc) is 2.99. The summed E-state index contributed by atoms with van der Waals surface area (Å²) < 4.78 is 0. The Morgan fingerprint density at radius 1 is 1.30 bits per heavy atom. The molecule has 4 heteroatoms. The van der Waals surface area contributed by atoms with Gasteiger partial charge in [0.1, 0.15) is 0 Å². The minimum atomic E-state index is 0.502. The van der Waals surface area contributed by atoms with Crippen molar-refractivity contribution in [3.8, 4) is 0 Å². The third kappa shape index (κ3) is 4.71. The monoisotopic (exact) mass is 289 g/mol. The van der Waals surface area contributed by atoms with Crippen molar-refractivity contribution in [1.82, 2.24) is 15.2 Å². The predicted molar refractivity (Wildman–Crippen MR) is 85.8 cm³/mol. The van der Waals surface area contributed by atoms with Crippen LogP contribution >= 0.6 is 11.3 Å². The number of pyridine rings is 1. The Hall–Kier alpha value is -1.23. The van der Waals surface area contributed by atoms with Gasteiger partial charge in [0, 0.05) is 36.8 Å². The van der Waals surface area contributed by atoms with Crippen LogP contribution in [0.2, 0.25) is 0 Å². The van der Waals surface area contributed by atoms with E-state index in [1.807, 2.05) is 12.3 Å². The van der Waals surface area contributed by atoms with Crippen molar-refractivity contribution >= 4 is 11.3 Å². The second-order valence-corrected chi connectivity index (χ2v) is 5.98. The highest BCUT2D eigenvalue weighted by molar-refractivity contribution is 7.09. The van der Waals surface area contributed by atoms with Gasteiger partial charge in [0.25, 0.3) is 0 Å². The van der Waals surface area contributed by atoms with Gasteiger partial charge in [-0.2, -0.15) is 0 Å². The van der Waals surface area contributed by atoms with E-state index < -0.39 is 0 Å². The van der Waals surface area contributed by atoms with Crippen LogP contribution in [-0.2, 0) is 13.1 Å². The smallest absolute Gasteiger partial charge is 0.0544 e. The van der Waals surface area contributed by atoms with Crippen LogP contribution in [0.3, 0.4) is 0 Å². The van der Waals surface area contributed by atoms with Crippen LogP contribution in [0.25, 0.3) is 0 Å². The summed E-state index contributed by atoms with van der Waals surface area (Å²) in [6.07, 6.45) is 1.86. The van der Waals surface area contributed by atoms with E-state index in [2.05, 4.69) is 58.7 Å². The lowest BCUT2D eigenvalue weighted by atomic mass is 10.2. The summed E-state index contributed by atoms with van der Waals surface area (Å²) in [5, 5.41) is 5.66. The first kappa shape index (κ1) is 15.2. The molecule has 2 heterocycles. The highest BCUT2D eigenvalue weighted by Gasteiger charge is 2.12. The van der Waals surface area contributed by atoms with Gasteiger partial charge in [-0.15, -0.1) is 11.3 Å². The van der Waals surface area contributed by atoms with Gasteiger partial charge in [0.15, 0.2) is 0 Å². The molecule has 0 saturated carbocycles. The maximum atomic E-state index is 4.41. The first-order valence-electron chi connectivity index (χ1n) is 7.16. The van der Waals surface area contributed by atoms with Crippen molar-refractivity contribution in [2.45, 2.75) is 33.0 Å². The second kappa shape index (κ2) is 8.15. The SMILES string of the molecule is CCN(Cc1ccccn1)C(C)CNCc1cccs1. The van der Waals surface area contributed by atoms with Crippen LogP contribution in [0.4, 0.5) is 0 Å². The van der Waals surface area contributed by atoms with Gasteiger partial charge in [-0.05, 0) is 37.0 Å². The molecule has 0 saturated heterocycles. The second-order valence-electron chi connectivity index (χ2n) is 4.94. The molecular formula is C16H23N3S. The highest BCUT2D eigenvalue weighted by Crippen LogP contribution is 2.08. The first-order valence-corrected chi connectivity index (χ1v) is 8.04. The summed E-state index contributed by atoms with van der Waals surface area (Å²) in [6, 6.07) is 10.9. The fraction of sp³-hybridized carbons (Fsp3) is 0.438. The van der Waals surface area contributed by atoms with Crippen molar-refractivity contribution in [2.75, 3.05) is 13.1 Å². The molecule has 3 nitrogen and oxygen atoms in total. The molecule has 0 spiro atoms. The molecule has 2 rings (SSSR count). The lowest BCUT2D eigenvalue weighted by molar-refractivity contribution is 0.203. The molecule has 0 aliphatic carbocycles. The number of aromatic nitrogens is 1. The van der Waals surface area contributed by atoms with E-state index in [9.17, 15) is 0 Å². The standard InChI is InChI=1S/C16H23N3S/c1-3-19(13-15-7-4-5-9-18-15)14(2)11-17-12-16-8-6-10-20-16/h4-10,14,17H,3,11-13H2,1-2H3. The lowest BCUT2D eigenvalue weighted by Crippen LogP contribution is -2.39. The Kier molecular flexibility index (Phi) is 6.18. The molecule has 0 amide bonds. The Bertz CT molecular complexity index is 470. The molecule has 0 aliphatic rings. The van der Waals surface area contributed by atoms with Crippen LogP contribution < -0.4 is 5.32 Å². The van der Waals surface area contributed by atoms with E-state index in [0.29, 0.717) is 6.04 Å². The topological polar surface area (TPSA) is 28.2 Å². The minimum absolute atomic E-state index is 0.502. The minimum Gasteiger partial charge on any atom is -0.310 e. The third-order valence-electron chi connectivity index (χ3n) is 3.44. The number of hydrogen-bond acceptors (Lipinski definition) is 4. The van der Waals surface area contributed by atoms with E-state index in [4.69, 9.17) is 0 Å². The Balaban J connectivity index is 1.78. The normalized spacial score (nSPS) is 12.8. The van der Waals surface area contributed by atoms with Crippen LogP contribution in [0.5, 0.6) is 0 Å². The number of thiophene rings is 1. The van der Waals surface area contributed by atoms with Gasteiger partial charge in [0.05, 0.1) is 5.69 Å². The zero-order valence-electron chi connectivity index (χ0n) is 12.2. The fourth-order valence-electron chi connectivity index (χ4n) is 2.23. The van der Waals surface area contributed by atoms with E-state index in [1.165, 1.54) is 4.88 Å². The van der Waals surface area contributed by atoms with Gasteiger partial charge in [-0.1, -0.05) is 19.1 Å². The van der Waals surface area contributed by atoms with Crippen molar-refractivity contribution in [1.29, 1.82) is 0 Å². The zero-order chi connectivity index (χ0) is 14.2. The number of hydrogen-bond donors (Lipinski definition) is 1. The molecule has 20 heavy (non-hydrogen) atoms. The first-order chi connectivity index (χ1) is 9.79. The van der Waals surface area contributed by atoms with Crippen LogP contribution in [0, 0.1) is 0 Å². The molecule has 2 aromatic heterocycles. The maximum Gasteiger partial charge on any atom is 0.0544 e. The Labute approximate surface area is 125 Å². The fourth-order valence-corrected chi connectivity index (χ4v) is 2.90. The van der Waals surface area contributed by atoms with E-state index in [1.54, 1.807) is 11.3 Å². The number of likely N-dealkylation sites (N-methyl/N-ethyl adjacent to an activating group) is 1. The average molecular weight is 289 g/mol. The highest BCUT2D eigenvalue weighted by atomic mass is 32.1. The Morgan fingerprint density at radius 3 is 2.85 bits per heavy atom. The van der Waals surface area contributed by atoms with E-state index in [0.717, 1.165) is 31.9 Å². The summed E-state index contributed by atoms with van der Waals surface area (Å²) in [5.41, 5.74) is 1.14. The lowest BCUT2D eigenvalue weighted by Gasteiger charge is -2.27. The molecule has 2 aromatic rings. The number of rotatable bonds is 8. The third-order valence-corrected chi connectivity index (χ3v) is 4.32. The van der Waals surface area contributed by atoms with Crippen LogP contribution in [-0.4, -0.2) is 29.0 Å². The molecule has 0 aliphatic heterocycles. The van der Waals surface area contributed by atoms with E-state index >= 15 is 0 Å². The summed E-state index contributed by atoms with van der Waals surface area (Å²) >= 11 is 1.81. The van der Waals surface area contributed by atoms with Gasteiger partial charge in [-0.3, -0.25) is 9.88 Å². The molecular weight excluding hydrogens is 266 g/mol. The molecule has 1 unspecified atom stereocenters. The summed E-state index contributed by atoms with van der Waals surface area (Å²) in [4.78, 5) is 8.25. The summed E-state index contributed by atoms with van der Waals surface area (Å²) in [5.74, 6) is 0. The van der Waals surface area contributed by atoms with Crippen molar-refractivity contribution in [3.05, 3.63) is 52.5 Å². The van der Waals surface area contributed by atoms with Crippen LogP contribution in [0.15, 0.2) is 41.9 Å². The predicted octanol–water partition coefficient (Wildman–Crippen LogP) is 3.14. The zero-order valence-corrected chi connectivity index (χ0v) is 13.1. The molecule has 1 atom stereocenters. The van der Waals surface area contributed by atoms with Gasteiger partial charge < -0.3 is 5.32 Å². The summed E-state index contributed by atoms with van der Waals surface area (Å²) in [7, 11) is 0. The molecule has 0 fully saturated rings. The Morgan fingerprint density at radius 2 is 2.20 bits per heavy atom. The number of nitrogens with zero attached hydrogens (tertiary/aromatic N) is 2. The number of nitrogens with one attached hydrogen (secondary N) is 1. The van der Waals surface area contributed by atoms with Gasteiger partial charge in [0.2, 0.25) is 0 Å². The van der Waals surface area contributed by atoms with Crippen molar-refractivity contribution < 1.29 is 0 Å². The molecule has 108 valence electrons. The maximum absolute atomic E-state index is 4.41. The molecule has 1 N–H and O–H groups in total. The quantitative estimate of drug-likeness (QED) is 0.809. The largest absolute Gasteiger partial charge is 0.310 e. The summed E-state index contributed by atoms with van der Waals surface area (Å²) in [6.45, 7) is 8.39.